The van der Waals surface area contributed by atoms with E-state index < -0.39 is 23.9 Å². The Kier molecular flexibility index (Phi) is 9.35. The molecule has 2 bridgehead atoms. The summed E-state index contributed by atoms with van der Waals surface area (Å²) in [6.07, 6.45) is -7.83. The van der Waals surface area contributed by atoms with Gasteiger partial charge >= 0.3 is 24.4 Å². The highest BCUT2D eigenvalue weighted by molar-refractivity contribution is 6.04. The van der Waals surface area contributed by atoms with Gasteiger partial charge in [0.25, 0.3) is 0 Å². The number of pyridine rings is 1. The molecule has 0 aliphatic carbocycles. The molecule has 5 rings (SSSR count). The first-order chi connectivity index (χ1) is 20.6. The van der Waals surface area contributed by atoms with E-state index in [0.717, 1.165) is 42.8 Å². The largest absolute Gasteiger partial charge is 0.490 e. The Balaban J connectivity index is 0.000000566. The lowest BCUT2D eigenvalue weighted by molar-refractivity contribution is -0.192. The summed E-state index contributed by atoms with van der Waals surface area (Å²) in [7, 11) is 0. The molecule has 9 nitrogen and oxygen atoms in total. The summed E-state index contributed by atoms with van der Waals surface area (Å²) in [5, 5.41) is 12.8. The van der Waals surface area contributed by atoms with Gasteiger partial charge in [-0.15, -0.1) is 0 Å². The molecule has 44 heavy (non-hydrogen) atoms. The van der Waals surface area contributed by atoms with Crippen molar-refractivity contribution in [1.29, 1.82) is 0 Å². The summed E-state index contributed by atoms with van der Waals surface area (Å²) in [6.45, 7) is 3.34. The smallest absolute Gasteiger partial charge is 0.475 e. The number of nitrogens with zero attached hydrogens (tertiary/aromatic N) is 3. The lowest BCUT2D eigenvalue weighted by Gasteiger charge is -2.45. The molecule has 2 aliphatic heterocycles. The number of amides is 3. The van der Waals surface area contributed by atoms with Gasteiger partial charge in [0.05, 0.1) is 23.0 Å². The highest BCUT2D eigenvalue weighted by Crippen LogP contribution is 2.40. The number of hydrogen-bond acceptors (Lipinski definition) is 5. The third-order valence-electron chi connectivity index (χ3n) is 6.88. The van der Waals surface area contributed by atoms with E-state index in [4.69, 9.17) is 14.9 Å². The molecular formula is C29H27F6N5O4. The zero-order valence-electron chi connectivity index (χ0n) is 23.2. The van der Waals surface area contributed by atoms with Gasteiger partial charge in [-0.05, 0) is 54.8 Å². The average Bonchev–Trinajstić information content (AvgIpc) is 2.96. The molecule has 0 unspecified atom stereocenters. The summed E-state index contributed by atoms with van der Waals surface area (Å²) in [6, 6.07) is 15.3. The predicted octanol–water partition coefficient (Wildman–Crippen LogP) is 6.06. The quantitative estimate of drug-likeness (QED) is 0.305. The first-order valence-corrected chi connectivity index (χ1v) is 13.3. The molecule has 1 fully saturated rings. The van der Waals surface area contributed by atoms with Gasteiger partial charge in [-0.1, -0.05) is 24.3 Å². The molecule has 234 valence electrons. The van der Waals surface area contributed by atoms with Crippen molar-refractivity contribution in [3.63, 3.8) is 0 Å². The molecule has 0 spiro atoms. The van der Waals surface area contributed by atoms with E-state index in [2.05, 4.69) is 15.5 Å². The fraction of sp³-hybridized carbons (Fsp3) is 0.310. The van der Waals surface area contributed by atoms with Gasteiger partial charge < -0.3 is 20.6 Å². The Hall–Kier alpha value is -4.82. The molecule has 3 N–H and O–H groups in total. The van der Waals surface area contributed by atoms with E-state index in [1.54, 1.807) is 29.2 Å². The predicted molar refractivity (Wildman–Crippen MR) is 149 cm³/mol. The molecule has 2 aromatic carbocycles. The zero-order valence-corrected chi connectivity index (χ0v) is 23.2. The second kappa shape index (κ2) is 12.8. The van der Waals surface area contributed by atoms with Crippen LogP contribution in [0.1, 0.15) is 30.9 Å². The van der Waals surface area contributed by atoms with Crippen molar-refractivity contribution >= 4 is 35.1 Å². The Morgan fingerprint density at radius 3 is 2.30 bits per heavy atom. The third kappa shape index (κ3) is 7.76. The Morgan fingerprint density at radius 2 is 1.68 bits per heavy atom. The Labute approximate surface area is 247 Å². The number of urea groups is 1. The van der Waals surface area contributed by atoms with Crippen LogP contribution in [0.5, 0.6) is 0 Å². The maximum absolute atomic E-state index is 13.5. The lowest BCUT2D eigenvalue weighted by atomic mass is 9.99. The molecule has 3 aromatic rings. The van der Waals surface area contributed by atoms with Crippen LogP contribution in [-0.4, -0.2) is 53.3 Å². The van der Waals surface area contributed by atoms with E-state index in [9.17, 15) is 35.9 Å². The minimum atomic E-state index is -5.08. The Morgan fingerprint density at radius 1 is 1.00 bits per heavy atom. The summed E-state index contributed by atoms with van der Waals surface area (Å²) in [5.74, 6) is -2.45. The number of benzene rings is 2. The van der Waals surface area contributed by atoms with Gasteiger partial charge in [0, 0.05) is 37.8 Å². The van der Waals surface area contributed by atoms with Crippen molar-refractivity contribution in [2.45, 2.75) is 44.7 Å². The normalized spacial score (nSPS) is 15.8. The second-order valence-corrected chi connectivity index (χ2v) is 10.1. The molecule has 1 saturated heterocycles. The number of aromatic nitrogens is 1. The van der Waals surface area contributed by atoms with E-state index in [-0.39, 0.29) is 18.0 Å². The van der Waals surface area contributed by atoms with E-state index >= 15 is 0 Å². The summed E-state index contributed by atoms with van der Waals surface area (Å²) in [4.78, 5) is 42.1. The maximum Gasteiger partial charge on any atom is 0.490 e. The number of rotatable bonds is 4. The highest BCUT2D eigenvalue weighted by Gasteiger charge is 2.39. The van der Waals surface area contributed by atoms with Crippen molar-refractivity contribution in [1.82, 2.24) is 10.3 Å². The number of fused-ring (bicyclic) bond motifs is 4. The molecule has 0 saturated carbocycles. The number of piperidine rings is 1. The molecule has 2 aliphatic rings. The van der Waals surface area contributed by atoms with Gasteiger partial charge in [-0.3, -0.25) is 9.69 Å². The number of nitrogens with one attached hydrogen (secondary N) is 2. The number of hydrogen-bond donors (Lipinski definition) is 3. The fourth-order valence-electron chi connectivity index (χ4n) is 4.82. The molecule has 3 amide bonds. The maximum atomic E-state index is 13.5. The summed E-state index contributed by atoms with van der Waals surface area (Å²) >= 11 is 0. The number of carboxylic acid groups (broad SMARTS) is 1. The molecule has 1 atom stereocenters. The highest BCUT2D eigenvalue weighted by atomic mass is 19.4. The summed E-state index contributed by atoms with van der Waals surface area (Å²) in [5.41, 5.74) is 2.22. The van der Waals surface area contributed by atoms with Gasteiger partial charge in [0.1, 0.15) is 0 Å². The van der Waals surface area contributed by atoms with Gasteiger partial charge in [-0.2, -0.15) is 26.3 Å². The van der Waals surface area contributed by atoms with Crippen molar-refractivity contribution in [3.8, 4) is 11.3 Å². The van der Waals surface area contributed by atoms with Crippen LogP contribution in [0, 0.1) is 0 Å². The van der Waals surface area contributed by atoms with Gasteiger partial charge in [0.15, 0.2) is 5.82 Å². The van der Waals surface area contributed by atoms with Crippen LogP contribution in [0.2, 0.25) is 0 Å². The molecule has 3 heterocycles. The summed E-state index contributed by atoms with van der Waals surface area (Å²) < 4.78 is 71.6. The second-order valence-electron chi connectivity index (χ2n) is 10.1. The van der Waals surface area contributed by atoms with Crippen molar-refractivity contribution < 1.29 is 45.8 Å². The molecule has 15 heteroatoms. The topological polar surface area (TPSA) is 115 Å². The molecular weight excluding hydrogens is 596 g/mol. The molecule has 0 radical (unpaired) electrons. The van der Waals surface area contributed by atoms with Gasteiger partial charge in [-0.25, -0.2) is 14.6 Å². The van der Waals surface area contributed by atoms with Crippen molar-refractivity contribution in [2.75, 3.05) is 28.2 Å². The SMILES string of the molecule is CC(=O)NCc1ccc(NC(=O)N2c3nc(-c4cccc(C(F)(F)F)c4)ccc3N3CCC[C@H]2C3)cc1.O=C(O)C(F)(F)F. The zero-order chi connectivity index (χ0) is 32.2. The van der Waals surface area contributed by atoms with Crippen LogP contribution >= 0.6 is 0 Å². The minimum Gasteiger partial charge on any atom is -0.475 e. The number of aliphatic carboxylic acids is 1. The van der Waals surface area contributed by atoms with Crippen LogP contribution in [0.15, 0.2) is 60.7 Å². The molecule has 1 aromatic heterocycles. The lowest BCUT2D eigenvalue weighted by Crippen LogP contribution is -2.56. The van der Waals surface area contributed by atoms with Crippen LogP contribution < -0.4 is 20.4 Å². The van der Waals surface area contributed by atoms with Crippen LogP contribution in [0.3, 0.4) is 0 Å². The number of halogens is 6. The number of carboxylic acids is 1. The standard InChI is InChI=1S/C27H26F3N5O2.C2HF3O2/c1-17(36)31-15-18-7-9-21(10-8-18)32-26(37)35-22-6-3-13-34(16-22)24-12-11-23(33-25(24)35)19-4-2-5-20(14-19)27(28,29)30;3-2(4,5)1(6)7/h2,4-5,7-12,14,22H,3,6,13,15-16H2,1H3,(H,31,36)(H,32,37);(H,6,7)/t22-;/m0./s1. The van der Waals surface area contributed by atoms with Gasteiger partial charge in [0.2, 0.25) is 5.91 Å². The minimum absolute atomic E-state index is 0.107. The number of anilines is 3. The van der Waals surface area contributed by atoms with Crippen molar-refractivity contribution in [3.05, 3.63) is 71.8 Å². The first-order valence-electron chi connectivity index (χ1n) is 13.3. The van der Waals surface area contributed by atoms with Crippen LogP contribution in [0.25, 0.3) is 11.3 Å². The number of carbonyl (C=O) groups is 3. The van der Waals surface area contributed by atoms with E-state index in [0.29, 0.717) is 35.9 Å². The first kappa shape index (κ1) is 32.1. The average molecular weight is 624 g/mol. The van der Waals surface area contributed by atoms with Crippen LogP contribution in [0.4, 0.5) is 48.3 Å². The number of carbonyl (C=O) groups excluding carboxylic acids is 2. The van der Waals surface area contributed by atoms with Crippen LogP contribution in [-0.2, 0) is 22.3 Å². The fourth-order valence-corrected chi connectivity index (χ4v) is 4.82. The third-order valence-corrected chi connectivity index (χ3v) is 6.88. The number of alkyl halides is 6. The Bertz CT molecular complexity index is 1530. The van der Waals surface area contributed by atoms with E-state index in [1.165, 1.54) is 13.0 Å². The monoisotopic (exact) mass is 623 g/mol. The van der Waals surface area contributed by atoms with Crippen molar-refractivity contribution in [2.24, 2.45) is 0 Å². The van der Waals surface area contributed by atoms with E-state index in [1.807, 2.05) is 18.2 Å².